The quantitative estimate of drug-likeness (QED) is 0.862. The van der Waals surface area contributed by atoms with Gasteiger partial charge in [0.05, 0.1) is 0 Å². The lowest BCUT2D eigenvalue weighted by molar-refractivity contribution is -0.130. The summed E-state index contributed by atoms with van der Waals surface area (Å²) < 4.78 is 0. The Hall–Kier alpha value is -2.08. The molecule has 0 aromatic heterocycles. The number of carbonyl (C=O) groups excluding carboxylic acids is 2. The standard InChI is InChI=1S/C16H23N3O3/c1-13(20)19-10-8-15(9-11-19)17-16(21)18(2)22-12-14-6-4-3-5-7-14/h3-7,15H,8-12H2,1-2H3,(H,17,21). The molecular formula is C16H23N3O3. The molecule has 1 N–H and O–H groups in total. The van der Waals surface area contributed by atoms with Crippen molar-refractivity contribution in [3.63, 3.8) is 0 Å². The summed E-state index contributed by atoms with van der Waals surface area (Å²) >= 11 is 0. The molecule has 6 heteroatoms. The summed E-state index contributed by atoms with van der Waals surface area (Å²) in [5.41, 5.74) is 1.01. The second-order valence-electron chi connectivity index (χ2n) is 5.49. The molecule has 1 aliphatic heterocycles. The van der Waals surface area contributed by atoms with Crippen LogP contribution in [0, 0.1) is 0 Å². The molecule has 0 spiro atoms. The highest BCUT2D eigenvalue weighted by molar-refractivity contribution is 5.74. The lowest BCUT2D eigenvalue weighted by Crippen LogP contribution is -2.49. The fourth-order valence-electron chi connectivity index (χ4n) is 2.41. The minimum absolute atomic E-state index is 0.0888. The Kier molecular flexibility index (Phi) is 5.77. The zero-order valence-corrected chi connectivity index (χ0v) is 13.1. The number of hydrogen-bond donors (Lipinski definition) is 1. The highest BCUT2D eigenvalue weighted by Gasteiger charge is 2.23. The predicted octanol–water partition coefficient (Wildman–Crippen LogP) is 1.77. The largest absolute Gasteiger partial charge is 0.343 e. The fourth-order valence-corrected chi connectivity index (χ4v) is 2.41. The number of nitrogens with zero attached hydrogens (tertiary/aromatic N) is 2. The number of hydrogen-bond acceptors (Lipinski definition) is 3. The summed E-state index contributed by atoms with van der Waals surface area (Å²) in [6.07, 6.45) is 1.55. The number of carbonyl (C=O) groups is 2. The minimum atomic E-state index is -0.253. The lowest BCUT2D eigenvalue weighted by atomic mass is 10.1. The third-order valence-corrected chi connectivity index (χ3v) is 3.82. The molecule has 0 radical (unpaired) electrons. The number of hydroxylamine groups is 2. The van der Waals surface area contributed by atoms with Crippen LogP contribution in [0.4, 0.5) is 4.79 Å². The van der Waals surface area contributed by atoms with Gasteiger partial charge >= 0.3 is 6.03 Å². The zero-order chi connectivity index (χ0) is 15.9. The van der Waals surface area contributed by atoms with Crippen molar-refractivity contribution in [2.75, 3.05) is 20.1 Å². The van der Waals surface area contributed by atoms with E-state index < -0.39 is 0 Å². The molecule has 22 heavy (non-hydrogen) atoms. The van der Waals surface area contributed by atoms with Crippen LogP contribution in [0.1, 0.15) is 25.3 Å². The summed E-state index contributed by atoms with van der Waals surface area (Å²) in [6, 6.07) is 9.53. The van der Waals surface area contributed by atoms with Crippen molar-refractivity contribution >= 4 is 11.9 Å². The summed E-state index contributed by atoms with van der Waals surface area (Å²) in [5, 5.41) is 4.16. The summed E-state index contributed by atoms with van der Waals surface area (Å²) in [6.45, 7) is 3.31. The first-order valence-corrected chi connectivity index (χ1v) is 7.53. The third kappa shape index (κ3) is 4.73. The molecule has 0 bridgehead atoms. The summed E-state index contributed by atoms with van der Waals surface area (Å²) in [4.78, 5) is 30.6. The van der Waals surface area contributed by atoms with Crippen LogP contribution < -0.4 is 5.32 Å². The van der Waals surface area contributed by atoms with E-state index in [-0.39, 0.29) is 18.0 Å². The van der Waals surface area contributed by atoms with Crippen LogP contribution in [0.15, 0.2) is 30.3 Å². The Bertz CT molecular complexity index is 499. The molecule has 1 aromatic rings. The van der Waals surface area contributed by atoms with Crippen LogP contribution in [0.5, 0.6) is 0 Å². The number of nitrogens with one attached hydrogen (secondary N) is 1. The molecule has 2 rings (SSSR count). The highest BCUT2D eigenvalue weighted by Crippen LogP contribution is 2.11. The Labute approximate surface area is 131 Å². The molecule has 1 aliphatic rings. The zero-order valence-electron chi connectivity index (χ0n) is 13.1. The van der Waals surface area contributed by atoms with Gasteiger partial charge in [-0.2, -0.15) is 0 Å². The van der Waals surface area contributed by atoms with Crippen molar-refractivity contribution in [1.29, 1.82) is 0 Å². The van der Waals surface area contributed by atoms with Gasteiger partial charge in [-0.3, -0.25) is 9.63 Å². The Morgan fingerprint density at radius 2 is 1.91 bits per heavy atom. The second-order valence-corrected chi connectivity index (χ2v) is 5.49. The van der Waals surface area contributed by atoms with Gasteiger partial charge in [0.25, 0.3) is 0 Å². The SMILES string of the molecule is CC(=O)N1CCC(NC(=O)N(C)OCc2ccccc2)CC1. The summed E-state index contributed by atoms with van der Waals surface area (Å²) in [5.74, 6) is 0.0908. The van der Waals surface area contributed by atoms with Crippen molar-refractivity contribution in [2.45, 2.75) is 32.4 Å². The highest BCUT2D eigenvalue weighted by atomic mass is 16.7. The first-order valence-electron chi connectivity index (χ1n) is 7.53. The minimum Gasteiger partial charge on any atom is -0.343 e. The van der Waals surface area contributed by atoms with E-state index in [1.165, 1.54) is 5.06 Å². The van der Waals surface area contributed by atoms with Crippen LogP contribution in [0.3, 0.4) is 0 Å². The maximum atomic E-state index is 12.1. The van der Waals surface area contributed by atoms with Crippen molar-refractivity contribution < 1.29 is 14.4 Å². The van der Waals surface area contributed by atoms with Crippen LogP contribution in [-0.4, -0.2) is 48.1 Å². The van der Waals surface area contributed by atoms with Crippen molar-refractivity contribution in [3.8, 4) is 0 Å². The maximum Gasteiger partial charge on any atom is 0.341 e. The molecular weight excluding hydrogens is 282 g/mol. The Balaban J connectivity index is 1.71. The second kappa shape index (κ2) is 7.79. The van der Waals surface area contributed by atoms with E-state index in [0.717, 1.165) is 18.4 Å². The van der Waals surface area contributed by atoms with Gasteiger partial charge in [-0.25, -0.2) is 9.86 Å². The molecule has 120 valence electrons. The van der Waals surface area contributed by atoms with E-state index in [2.05, 4.69) is 5.32 Å². The van der Waals surface area contributed by atoms with E-state index in [1.54, 1.807) is 18.9 Å². The normalized spacial score (nSPS) is 15.5. The molecule has 1 aromatic carbocycles. The van der Waals surface area contributed by atoms with E-state index in [4.69, 9.17) is 4.84 Å². The molecule has 0 saturated carbocycles. The molecule has 0 atom stereocenters. The van der Waals surface area contributed by atoms with Crippen LogP contribution >= 0.6 is 0 Å². The maximum absolute atomic E-state index is 12.1. The Morgan fingerprint density at radius 1 is 1.27 bits per heavy atom. The van der Waals surface area contributed by atoms with Gasteiger partial charge in [-0.05, 0) is 18.4 Å². The molecule has 1 saturated heterocycles. The monoisotopic (exact) mass is 305 g/mol. The van der Waals surface area contributed by atoms with Gasteiger partial charge < -0.3 is 10.2 Å². The molecule has 0 unspecified atom stereocenters. The molecule has 1 fully saturated rings. The first-order chi connectivity index (χ1) is 10.6. The van der Waals surface area contributed by atoms with Gasteiger partial charge in [0, 0.05) is 33.1 Å². The smallest absolute Gasteiger partial charge is 0.341 e. The molecule has 6 nitrogen and oxygen atoms in total. The van der Waals surface area contributed by atoms with Crippen molar-refractivity contribution in [2.24, 2.45) is 0 Å². The number of likely N-dealkylation sites (tertiary alicyclic amines) is 1. The van der Waals surface area contributed by atoms with E-state index >= 15 is 0 Å². The average Bonchev–Trinajstić information content (AvgIpc) is 2.54. The van der Waals surface area contributed by atoms with Crippen LogP contribution in [0.2, 0.25) is 0 Å². The van der Waals surface area contributed by atoms with Crippen LogP contribution in [0.25, 0.3) is 0 Å². The van der Waals surface area contributed by atoms with E-state index in [0.29, 0.717) is 19.7 Å². The van der Waals surface area contributed by atoms with E-state index in [1.807, 2.05) is 30.3 Å². The predicted molar refractivity (Wildman–Crippen MR) is 82.8 cm³/mol. The van der Waals surface area contributed by atoms with Gasteiger partial charge in [0.15, 0.2) is 0 Å². The van der Waals surface area contributed by atoms with Gasteiger partial charge in [-0.15, -0.1) is 0 Å². The van der Waals surface area contributed by atoms with Gasteiger partial charge in [0.2, 0.25) is 5.91 Å². The van der Waals surface area contributed by atoms with Gasteiger partial charge in [0.1, 0.15) is 6.61 Å². The van der Waals surface area contributed by atoms with Crippen LogP contribution in [-0.2, 0) is 16.2 Å². The Morgan fingerprint density at radius 3 is 2.50 bits per heavy atom. The number of rotatable bonds is 4. The third-order valence-electron chi connectivity index (χ3n) is 3.82. The number of piperidine rings is 1. The molecule has 0 aliphatic carbocycles. The van der Waals surface area contributed by atoms with Gasteiger partial charge in [-0.1, -0.05) is 30.3 Å². The number of urea groups is 1. The lowest BCUT2D eigenvalue weighted by Gasteiger charge is -2.32. The average molecular weight is 305 g/mol. The fraction of sp³-hybridized carbons (Fsp3) is 0.500. The van der Waals surface area contributed by atoms with E-state index in [9.17, 15) is 9.59 Å². The van der Waals surface area contributed by atoms with Crippen molar-refractivity contribution in [1.82, 2.24) is 15.3 Å². The first kappa shape index (κ1) is 16.3. The molecule has 1 heterocycles. The summed E-state index contributed by atoms with van der Waals surface area (Å²) in [7, 11) is 1.60. The topological polar surface area (TPSA) is 61.9 Å². The van der Waals surface area contributed by atoms with Crippen molar-refractivity contribution in [3.05, 3.63) is 35.9 Å². The molecule has 3 amide bonds. The number of benzene rings is 1. The number of amides is 3.